The number of fused-ring (bicyclic) bond motifs is 1. The third-order valence-electron chi connectivity index (χ3n) is 6.39. The number of likely N-dealkylation sites (tertiary alicyclic amines) is 1. The van der Waals surface area contributed by atoms with Gasteiger partial charge in [-0.05, 0) is 55.9 Å². The standard InChI is InChI=1S/C23H26FN5O2/c1-14-25-10-21(31-14)17-6-7-20-18(8-17)9-22(28-27-20)26-23(30)16-4-2-15(3-5-16)11-29-12-19(24)13-29/h6-10,15-16,19H,2-5,11-13H2,1H3,(H,26,28,30)/t15-,16-. The van der Waals surface area contributed by atoms with Gasteiger partial charge < -0.3 is 9.73 Å². The predicted octanol–water partition coefficient (Wildman–Crippen LogP) is 3.99. The Kier molecular flexibility index (Phi) is 5.40. The second-order valence-electron chi connectivity index (χ2n) is 8.77. The molecular formula is C23H26FN5O2. The van der Waals surface area contributed by atoms with E-state index in [1.54, 1.807) is 6.20 Å². The number of carbonyl (C=O) groups is 1. The Labute approximate surface area is 180 Å². The van der Waals surface area contributed by atoms with E-state index in [0.717, 1.165) is 48.7 Å². The molecule has 2 aliphatic rings. The van der Waals surface area contributed by atoms with Crippen molar-refractivity contribution in [2.24, 2.45) is 11.8 Å². The molecule has 1 amide bonds. The number of rotatable bonds is 5. The molecule has 0 spiro atoms. The minimum Gasteiger partial charge on any atom is -0.441 e. The summed E-state index contributed by atoms with van der Waals surface area (Å²) in [5, 5.41) is 12.2. The van der Waals surface area contributed by atoms with E-state index in [9.17, 15) is 9.18 Å². The number of hydrogen-bond donors (Lipinski definition) is 1. The lowest BCUT2D eigenvalue weighted by Crippen LogP contribution is -2.50. The Morgan fingerprint density at radius 2 is 2.00 bits per heavy atom. The molecule has 2 aromatic heterocycles. The number of amides is 1. The average molecular weight is 423 g/mol. The maximum atomic E-state index is 13.0. The van der Waals surface area contributed by atoms with Crippen LogP contribution in [0.15, 0.2) is 34.9 Å². The van der Waals surface area contributed by atoms with Crippen LogP contribution in [0.3, 0.4) is 0 Å². The monoisotopic (exact) mass is 423 g/mol. The summed E-state index contributed by atoms with van der Waals surface area (Å²) in [5.74, 6) is 2.32. The van der Waals surface area contributed by atoms with E-state index < -0.39 is 6.17 Å². The van der Waals surface area contributed by atoms with E-state index in [1.807, 2.05) is 31.2 Å². The maximum Gasteiger partial charge on any atom is 0.228 e. The van der Waals surface area contributed by atoms with Gasteiger partial charge >= 0.3 is 0 Å². The number of aromatic nitrogens is 3. The van der Waals surface area contributed by atoms with Crippen LogP contribution in [0.2, 0.25) is 0 Å². The topological polar surface area (TPSA) is 84.2 Å². The number of nitrogens with one attached hydrogen (secondary N) is 1. The first kappa shape index (κ1) is 20.1. The zero-order valence-electron chi connectivity index (χ0n) is 17.6. The van der Waals surface area contributed by atoms with Crippen LogP contribution in [-0.2, 0) is 4.79 Å². The van der Waals surface area contributed by atoms with Crippen molar-refractivity contribution in [2.75, 3.05) is 25.0 Å². The number of halogens is 1. The van der Waals surface area contributed by atoms with Gasteiger partial charge in [0.05, 0.1) is 11.7 Å². The molecule has 2 fully saturated rings. The Balaban J connectivity index is 1.21. The van der Waals surface area contributed by atoms with Crippen molar-refractivity contribution in [3.05, 3.63) is 36.4 Å². The summed E-state index contributed by atoms with van der Waals surface area (Å²) in [6.45, 7) is 3.90. The summed E-state index contributed by atoms with van der Waals surface area (Å²) < 4.78 is 18.6. The SMILES string of the molecule is Cc1ncc(-c2ccc3nnc(NC(=O)[C@H]4CC[C@H](CN5CC(F)C5)CC4)cc3c2)o1. The summed E-state index contributed by atoms with van der Waals surface area (Å²) in [4.78, 5) is 19.1. The van der Waals surface area contributed by atoms with Crippen LogP contribution in [-0.4, -0.2) is 51.8 Å². The first-order valence-electron chi connectivity index (χ1n) is 10.9. The molecule has 31 heavy (non-hydrogen) atoms. The van der Waals surface area contributed by atoms with E-state index in [4.69, 9.17) is 4.42 Å². The molecule has 0 atom stereocenters. The van der Waals surface area contributed by atoms with E-state index in [-0.39, 0.29) is 11.8 Å². The highest BCUT2D eigenvalue weighted by atomic mass is 19.1. The molecule has 7 nitrogen and oxygen atoms in total. The van der Waals surface area contributed by atoms with Gasteiger partial charge in [-0.1, -0.05) is 0 Å². The fraction of sp³-hybridized carbons (Fsp3) is 0.478. The highest BCUT2D eigenvalue weighted by Crippen LogP contribution is 2.31. The number of nitrogens with zero attached hydrogens (tertiary/aromatic N) is 4. The van der Waals surface area contributed by atoms with Crippen LogP contribution in [0.5, 0.6) is 0 Å². The number of anilines is 1. The summed E-state index contributed by atoms with van der Waals surface area (Å²) >= 11 is 0. The van der Waals surface area contributed by atoms with Gasteiger partial charge in [0.2, 0.25) is 5.91 Å². The lowest BCUT2D eigenvalue weighted by Gasteiger charge is -2.38. The summed E-state index contributed by atoms with van der Waals surface area (Å²) in [6.07, 6.45) is 4.78. The van der Waals surface area contributed by atoms with Crippen molar-refractivity contribution in [3.8, 4) is 11.3 Å². The highest BCUT2D eigenvalue weighted by Gasteiger charge is 2.31. The molecule has 3 heterocycles. The van der Waals surface area contributed by atoms with Crippen LogP contribution >= 0.6 is 0 Å². The fourth-order valence-electron chi connectivity index (χ4n) is 4.61. The zero-order chi connectivity index (χ0) is 21.4. The molecule has 1 N–H and O–H groups in total. The number of oxazole rings is 1. The number of benzene rings is 1. The first-order valence-corrected chi connectivity index (χ1v) is 10.9. The van der Waals surface area contributed by atoms with Crippen LogP contribution in [0, 0.1) is 18.8 Å². The van der Waals surface area contributed by atoms with Crippen LogP contribution < -0.4 is 5.32 Å². The molecule has 1 saturated carbocycles. The lowest BCUT2D eigenvalue weighted by atomic mass is 9.81. The van der Waals surface area contributed by atoms with Gasteiger partial charge in [-0.25, -0.2) is 9.37 Å². The van der Waals surface area contributed by atoms with Crippen molar-refractivity contribution in [1.82, 2.24) is 20.1 Å². The van der Waals surface area contributed by atoms with E-state index in [2.05, 4.69) is 25.4 Å². The highest BCUT2D eigenvalue weighted by molar-refractivity contribution is 5.94. The number of carbonyl (C=O) groups excluding carboxylic acids is 1. The van der Waals surface area contributed by atoms with E-state index in [1.165, 1.54) is 0 Å². The molecule has 0 unspecified atom stereocenters. The third-order valence-corrected chi connectivity index (χ3v) is 6.39. The van der Waals surface area contributed by atoms with Gasteiger partial charge in [-0.2, -0.15) is 0 Å². The summed E-state index contributed by atoms with van der Waals surface area (Å²) in [6, 6.07) is 7.60. The van der Waals surface area contributed by atoms with Crippen molar-refractivity contribution in [2.45, 2.75) is 38.8 Å². The van der Waals surface area contributed by atoms with Crippen LogP contribution in [0.4, 0.5) is 10.2 Å². The zero-order valence-corrected chi connectivity index (χ0v) is 17.6. The van der Waals surface area contributed by atoms with Gasteiger partial charge in [0, 0.05) is 43.4 Å². The van der Waals surface area contributed by atoms with E-state index >= 15 is 0 Å². The average Bonchev–Trinajstić information content (AvgIpc) is 3.19. The second-order valence-corrected chi connectivity index (χ2v) is 8.77. The Morgan fingerprint density at radius 3 is 2.71 bits per heavy atom. The Bertz CT molecular complexity index is 1090. The molecule has 3 aromatic rings. The Hall–Kier alpha value is -2.87. The number of alkyl halides is 1. The molecule has 1 saturated heterocycles. The van der Waals surface area contributed by atoms with Crippen molar-refractivity contribution in [1.29, 1.82) is 0 Å². The molecular weight excluding hydrogens is 397 g/mol. The van der Waals surface area contributed by atoms with Crippen molar-refractivity contribution < 1.29 is 13.6 Å². The summed E-state index contributed by atoms with van der Waals surface area (Å²) in [7, 11) is 0. The van der Waals surface area contributed by atoms with Gasteiger partial charge in [-0.3, -0.25) is 9.69 Å². The number of aryl methyl sites for hydroxylation is 1. The molecule has 0 bridgehead atoms. The molecule has 1 aliphatic carbocycles. The minimum absolute atomic E-state index is 0.00175. The van der Waals surface area contributed by atoms with Gasteiger partial charge in [0.25, 0.3) is 0 Å². The van der Waals surface area contributed by atoms with Gasteiger partial charge in [0.15, 0.2) is 17.5 Å². The molecule has 162 valence electrons. The van der Waals surface area contributed by atoms with Crippen molar-refractivity contribution >= 4 is 22.6 Å². The molecule has 5 rings (SSSR count). The molecule has 1 aromatic carbocycles. The quantitative estimate of drug-likeness (QED) is 0.668. The molecule has 0 radical (unpaired) electrons. The van der Waals surface area contributed by atoms with Gasteiger partial charge in [-0.15, -0.1) is 10.2 Å². The lowest BCUT2D eigenvalue weighted by molar-refractivity contribution is -0.121. The van der Waals surface area contributed by atoms with Crippen LogP contribution in [0.25, 0.3) is 22.2 Å². The normalized spacial score (nSPS) is 22.4. The molecule has 8 heteroatoms. The largest absolute Gasteiger partial charge is 0.441 e. The van der Waals surface area contributed by atoms with Gasteiger partial charge in [0.1, 0.15) is 6.17 Å². The van der Waals surface area contributed by atoms with Crippen molar-refractivity contribution in [3.63, 3.8) is 0 Å². The predicted molar refractivity (Wildman–Crippen MR) is 115 cm³/mol. The maximum absolute atomic E-state index is 13.0. The van der Waals surface area contributed by atoms with E-state index in [0.29, 0.717) is 36.5 Å². The minimum atomic E-state index is -0.652. The first-order chi connectivity index (χ1) is 15.0. The smallest absolute Gasteiger partial charge is 0.228 e. The number of hydrogen-bond acceptors (Lipinski definition) is 6. The molecule has 1 aliphatic heterocycles. The Morgan fingerprint density at radius 1 is 1.19 bits per heavy atom. The fourth-order valence-corrected chi connectivity index (χ4v) is 4.61. The second kappa shape index (κ2) is 8.34. The third kappa shape index (κ3) is 4.44. The van der Waals surface area contributed by atoms with Crippen LogP contribution in [0.1, 0.15) is 31.6 Å². The summed E-state index contributed by atoms with van der Waals surface area (Å²) in [5.41, 5.74) is 1.65.